The SMILES string of the molecule is CC(C)N(CCOCCN)c1ccc(Cl)cn1. The van der Waals surface area contributed by atoms with Crippen molar-refractivity contribution in [1.29, 1.82) is 0 Å². The normalized spacial score (nSPS) is 10.9. The lowest BCUT2D eigenvalue weighted by molar-refractivity contribution is 0.146. The fourth-order valence-corrected chi connectivity index (χ4v) is 1.64. The molecule has 5 heteroatoms. The maximum atomic E-state index is 5.82. The number of aromatic nitrogens is 1. The van der Waals surface area contributed by atoms with Crippen molar-refractivity contribution < 1.29 is 4.74 Å². The average Bonchev–Trinajstić information content (AvgIpc) is 2.30. The molecule has 0 radical (unpaired) electrons. The van der Waals surface area contributed by atoms with E-state index in [1.165, 1.54) is 0 Å². The highest BCUT2D eigenvalue weighted by Crippen LogP contribution is 2.16. The molecule has 1 rings (SSSR count). The molecular weight excluding hydrogens is 238 g/mol. The van der Waals surface area contributed by atoms with Crippen LogP contribution in [-0.4, -0.2) is 37.3 Å². The average molecular weight is 258 g/mol. The van der Waals surface area contributed by atoms with E-state index in [4.69, 9.17) is 22.1 Å². The molecule has 1 aromatic rings. The van der Waals surface area contributed by atoms with E-state index in [1.807, 2.05) is 12.1 Å². The monoisotopic (exact) mass is 257 g/mol. The van der Waals surface area contributed by atoms with Crippen LogP contribution in [0.25, 0.3) is 0 Å². The fourth-order valence-electron chi connectivity index (χ4n) is 1.52. The van der Waals surface area contributed by atoms with Crippen LogP contribution in [0.15, 0.2) is 18.3 Å². The van der Waals surface area contributed by atoms with Gasteiger partial charge < -0.3 is 15.4 Å². The molecule has 1 heterocycles. The highest BCUT2D eigenvalue weighted by Gasteiger charge is 2.11. The van der Waals surface area contributed by atoms with Crippen LogP contribution >= 0.6 is 11.6 Å². The second kappa shape index (κ2) is 7.48. The first-order valence-electron chi connectivity index (χ1n) is 5.81. The van der Waals surface area contributed by atoms with Crippen molar-refractivity contribution in [2.24, 2.45) is 5.73 Å². The van der Waals surface area contributed by atoms with Gasteiger partial charge in [0.1, 0.15) is 5.82 Å². The van der Waals surface area contributed by atoms with Gasteiger partial charge in [-0.15, -0.1) is 0 Å². The molecule has 0 spiro atoms. The molecule has 1 aromatic heterocycles. The van der Waals surface area contributed by atoms with Crippen molar-refractivity contribution in [3.8, 4) is 0 Å². The van der Waals surface area contributed by atoms with E-state index in [2.05, 4.69) is 23.7 Å². The second-order valence-corrected chi connectivity index (χ2v) is 4.46. The zero-order chi connectivity index (χ0) is 12.7. The molecule has 17 heavy (non-hydrogen) atoms. The summed E-state index contributed by atoms with van der Waals surface area (Å²) in [4.78, 5) is 6.49. The highest BCUT2D eigenvalue weighted by molar-refractivity contribution is 6.30. The Labute approximate surface area is 108 Å². The predicted molar refractivity (Wildman–Crippen MR) is 71.6 cm³/mol. The van der Waals surface area contributed by atoms with Gasteiger partial charge in [0, 0.05) is 25.3 Å². The van der Waals surface area contributed by atoms with Crippen molar-refractivity contribution in [1.82, 2.24) is 4.98 Å². The number of hydrogen-bond acceptors (Lipinski definition) is 4. The molecule has 0 fully saturated rings. The van der Waals surface area contributed by atoms with Gasteiger partial charge in [0.25, 0.3) is 0 Å². The van der Waals surface area contributed by atoms with E-state index in [1.54, 1.807) is 6.20 Å². The second-order valence-electron chi connectivity index (χ2n) is 4.02. The number of hydrogen-bond donors (Lipinski definition) is 1. The van der Waals surface area contributed by atoms with Crippen LogP contribution < -0.4 is 10.6 Å². The van der Waals surface area contributed by atoms with E-state index in [0.717, 1.165) is 12.4 Å². The molecule has 0 bridgehead atoms. The fraction of sp³-hybridized carbons (Fsp3) is 0.583. The molecule has 0 amide bonds. The Balaban J connectivity index is 2.56. The standard InChI is InChI=1S/C12H20ClN3O/c1-10(2)16(6-8-17-7-5-14)12-4-3-11(13)9-15-12/h3-4,9-10H,5-8,14H2,1-2H3. The third-order valence-electron chi connectivity index (χ3n) is 2.37. The molecule has 4 nitrogen and oxygen atoms in total. The Morgan fingerprint density at radius 2 is 2.18 bits per heavy atom. The van der Waals surface area contributed by atoms with Gasteiger partial charge in [-0.05, 0) is 26.0 Å². The van der Waals surface area contributed by atoms with Gasteiger partial charge in [-0.2, -0.15) is 0 Å². The maximum absolute atomic E-state index is 5.82. The number of pyridine rings is 1. The Bertz CT molecular complexity index is 316. The van der Waals surface area contributed by atoms with E-state index in [0.29, 0.717) is 30.8 Å². The Kier molecular flexibility index (Phi) is 6.26. The zero-order valence-electron chi connectivity index (χ0n) is 10.4. The lowest BCUT2D eigenvalue weighted by atomic mass is 10.3. The number of nitrogens with zero attached hydrogens (tertiary/aromatic N) is 2. The summed E-state index contributed by atoms with van der Waals surface area (Å²) in [5, 5.41) is 0.650. The number of nitrogens with two attached hydrogens (primary N) is 1. The van der Waals surface area contributed by atoms with Gasteiger partial charge in [0.2, 0.25) is 0 Å². The lowest BCUT2D eigenvalue weighted by Gasteiger charge is -2.27. The third kappa shape index (κ3) is 4.89. The molecule has 0 saturated heterocycles. The van der Waals surface area contributed by atoms with Gasteiger partial charge in [-0.1, -0.05) is 11.6 Å². The van der Waals surface area contributed by atoms with E-state index in [-0.39, 0.29) is 0 Å². The van der Waals surface area contributed by atoms with Crippen molar-refractivity contribution in [2.75, 3.05) is 31.2 Å². The van der Waals surface area contributed by atoms with Crippen LogP contribution in [0.3, 0.4) is 0 Å². The van der Waals surface area contributed by atoms with Crippen LogP contribution in [0.2, 0.25) is 5.02 Å². The molecule has 0 aromatic carbocycles. The van der Waals surface area contributed by atoms with Crippen LogP contribution in [0.1, 0.15) is 13.8 Å². The summed E-state index contributed by atoms with van der Waals surface area (Å²) in [6.07, 6.45) is 1.66. The number of rotatable bonds is 7. The summed E-state index contributed by atoms with van der Waals surface area (Å²) in [7, 11) is 0. The van der Waals surface area contributed by atoms with Crippen molar-refractivity contribution >= 4 is 17.4 Å². The summed E-state index contributed by atoms with van der Waals surface area (Å²) < 4.78 is 5.39. The number of anilines is 1. The minimum absolute atomic E-state index is 0.366. The molecule has 0 unspecified atom stereocenters. The molecule has 0 aliphatic carbocycles. The zero-order valence-corrected chi connectivity index (χ0v) is 11.2. The van der Waals surface area contributed by atoms with Crippen LogP contribution in [-0.2, 0) is 4.74 Å². The molecule has 96 valence electrons. The summed E-state index contributed by atoms with van der Waals surface area (Å²) in [5.41, 5.74) is 5.37. The number of halogens is 1. The minimum atomic E-state index is 0.366. The van der Waals surface area contributed by atoms with Crippen LogP contribution in [0.5, 0.6) is 0 Å². The molecule has 0 aliphatic rings. The first-order valence-corrected chi connectivity index (χ1v) is 6.19. The van der Waals surface area contributed by atoms with Crippen LogP contribution in [0, 0.1) is 0 Å². The first kappa shape index (κ1) is 14.2. The van der Waals surface area contributed by atoms with Gasteiger partial charge in [-0.3, -0.25) is 0 Å². The Morgan fingerprint density at radius 3 is 2.71 bits per heavy atom. The summed E-state index contributed by atoms with van der Waals surface area (Å²) in [6.45, 7) is 6.85. The van der Waals surface area contributed by atoms with E-state index in [9.17, 15) is 0 Å². The Hall–Kier alpha value is -0.840. The smallest absolute Gasteiger partial charge is 0.128 e. The van der Waals surface area contributed by atoms with Gasteiger partial charge in [-0.25, -0.2) is 4.98 Å². The van der Waals surface area contributed by atoms with Crippen molar-refractivity contribution in [2.45, 2.75) is 19.9 Å². The lowest BCUT2D eigenvalue weighted by Crippen LogP contribution is -2.34. The summed E-state index contributed by atoms with van der Waals surface area (Å²) >= 11 is 5.82. The van der Waals surface area contributed by atoms with Crippen LogP contribution in [0.4, 0.5) is 5.82 Å². The Morgan fingerprint density at radius 1 is 1.41 bits per heavy atom. The van der Waals surface area contributed by atoms with Gasteiger partial charge in [0.05, 0.1) is 18.2 Å². The highest BCUT2D eigenvalue weighted by atomic mass is 35.5. The first-order chi connectivity index (χ1) is 8.15. The molecule has 0 atom stereocenters. The maximum Gasteiger partial charge on any atom is 0.128 e. The van der Waals surface area contributed by atoms with E-state index < -0.39 is 0 Å². The topological polar surface area (TPSA) is 51.4 Å². The molecule has 2 N–H and O–H groups in total. The third-order valence-corrected chi connectivity index (χ3v) is 2.59. The number of ether oxygens (including phenoxy) is 1. The summed E-state index contributed by atoms with van der Waals surface area (Å²) in [5.74, 6) is 0.917. The van der Waals surface area contributed by atoms with Gasteiger partial charge in [0.15, 0.2) is 0 Å². The predicted octanol–water partition coefficient (Wildman–Crippen LogP) is 1.93. The minimum Gasteiger partial charge on any atom is -0.378 e. The van der Waals surface area contributed by atoms with Gasteiger partial charge >= 0.3 is 0 Å². The molecule has 0 aliphatic heterocycles. The van der Waals surface area contributed by atoms with Crippen molar-refractivity contribution in [3.63, 3.8) is 0 Å². The molecule has 0 saturated carbocycles. The largest absolute Gasteiger partial charge is 0.378 e. The van der Waals surface area contributed by atoms with E-state index >= 15 is 0 Å². The van der Waals surface area contributed by atoms with Crippen molar-refractivity contribution in [3.05, 3.63) is 23.4 Å². The quantitative estimate of drug-likeness (QED) is 0.759. The summed E-state index contributed by atoms with van der Waals surface area (Å²) in [6, 6.07) is 4.14. The molecular formula is C12H20ClN3O.